The number of para-hydroxylation sites is 2. The van der Waals surface area contributed by atoms with E-state index in [9.17, 15) is 14.9 Å². The molecule has 0 atom stereocenters. The third-order valence-corrected chi connectivity index (χ3v) is 3.83. The minimum absolute atomic E-state index is 0.000420. The lowest BCUT2D eigenvalue weighted by atomic mass is 10.1. The van der Waals surface area contributed by atoms with Crippen molar-refractivity contribution < 1.29 is 19.2 Å². The molecule has 0 aromatic heterocycles. The van der Waals surface area contributed by atoms with Gasteiger partial charge < -0.3 is 20.1 Å². The molecule has 0 bridgehead atoms. The Bertz CT molecular complexity index is 795. The van der Waals surface area contributed by atoms with Gasteiger partial charge in [0.15, 0.2) is 0 Å². The number of methoxy groups -OCH3 is 1. The normalized spacial score (nSPS) is 10.3. The highest BCUT2D eigenvalue weighted by Gasteiger charge is 2.12. The number of nitro benzene ring substituents is 1. The molecule has 2 N–H and O–H groups in total. The van der Waals surface area contributed by atoms with Gasteiger partial charge in [-0.1, -0.05) is 12.1 Å². The summed E-state index contributed by atoms with van der Waals surface area (Å²) in [5.41, 5.74) is 1.71. The minimum atomic E-state index is -0.446. The summed E-state index contributed by atoms with van der Waals surface area (Å²) >= 11 is 0. The molecule has 0 spiro atoms. The van der Waals surface area contributed by atoms with Crippen molar-refractivity contribution in [1.82, 2.24) is 5.32 Å². The monoisotopic (exact) mass is 373 g/mol. The number of anilines is 1. The molecule has 8 nitrogen and oxygen atoms in total. The van der Waals surface area contributed by atoms with Gasteiger partial charge in [0.05, 0.1) is 18.6 Å². The third-order valence-electron chi connectivity index (χ3n) is 3.83. The fourth-order valence-corrected chi connectivity index (χ4v) is 2.50. The molecule has 0 aliphatic heterocycles. The molecular formula is C19H23N3O5. The number of benzene rings is 2. The van der Waals surface area contributed by atoms with Crippen molar-refractivity contribution >= 4 is 17.3 Å². The second-order valence-electron chi connectivity index (χ2n) is 5.62. The summed E-state index contributed by atoms with van der Waals surface area (Å²) in [4.78, 5) is 22.9. The summed E-state index contributed by atoms with van der Waals surface area (Å²) in [7, 11) is 1.57. The molecule has 0 radical (unpaired) electrons. The minimum Gasteiger partial charge on any atom is -0.496 e. The Morgan fingerprint density at radius 1 is 1.19 bits per heavy atom. The van der Waals surface area contributed by atoms with E-state index < -0.39 is 4.92 Å². The second kappa shape index (κ2) is 10.1. The number of hydrogen-bond donors (Lipinski definition) is 2. The zero-order valence-electron chi connectivity index (χ0n) is 15.4. The van der Waals surface area contributed by atoms with E-state index in [-0.39, 0.29) is 11.6 Å². The SMILES string of the molecule is CCOCc1cc(C(=O)NCCNc2ccccc2[N+](=O)[O-])ccc1OC. The molecule has 0 fully saturated rings. The van der Waals surface area contributed by atoms with E-state index in [4.69, 9.17) is 9.47 Å². The van der Waals surface area contributed by atoms with Crippen molar-refractivity contribution in [3.8, 4) is 5.75 Å². The Labute approximate surface area is 157 Å². The second-order valence-corrected chi connectivity index (χ2v) is 5.62. The van der Waals surface area contributed by atoms with Crippen molar-refractivity contribution in [3.63, 3.8) is 0 Å². The van der Waals surface area contributed by atoms with Crippen molar-refractivity contribution in [2.45, 2.75) is 13.5 Å². The first-order valence-corrected chi connectivity index (χ1v) is 8.57. The van der Waals surface area contributed by atoms with Gasteiger partial charge in [0, 0.05) is 36.9 Å². The van der Waals surface area contributed by atoms with Crippen molar-refractivity contribution in [1.29, 1.82) is 0 Å². The van der Waals surface area contributed by atoms with Crippen molar-refractivity contribution in [2.75, 3.05) is 32.1 Å². The van der Waals surface area contributed by atoms with Crippen LogP contribution in [0.2, 0.25) is 0 Å². The molecule has 0 unspecified atom stereocenters. The summed E-state index contributed by atoms with van der Waals surface area (Å²) in [6, 6.07) is 11.5. The number of nitrogens with one attached hydrogen (secondary N) is 2. The van der Waals surface area contributed by atoms with Crippen LogP contribution in [0.1, 0.15) is 22.8 Å². The van der Waals surface area contributed by atoms with Gasteiger partial charge in [0.1, 0.15) is 11.4 Å². The Balaban J connectivity index is 1.91. The van der Waals surface area contributed by atoms with Crippen LogP contribution in [0.15, 0.2) is 42.5 Å². The maximum Gasteiger partial charge on any atom is 0.292 e. The molecule has 0 saturated heterocycles. The predicted octanol–water partition coefficient (Wildman–Crippen LogP) is 2.98. The Hall–Kier alpha value is -3.13. The van der Waals surface area contributed by atoms with Crippen LogP contribution in [0.5, 0.6) is 5.75 Å². The first-order valence-electron chi connectivity index (χ1n) is 8.57. The van der Waals surface area contributed by atoms with Gasteiger partial charge in [0.2, 0.25) is 0 Å². The number of carbonyl (C=O) groups is 1. The Morgan fingerprint density at radius 2 is 1.96 bits per heavy atom. The van der Waals surface area contributed by atoms with Crippen LogP contribution in [0.3, 0.4) is 0 Å². The molecule has 2 aromatic carbocycles. The van der Waals surface area contributed by atoms with Gasteiger partial charge >= 0.3 is 0 Å². The number of rotatable bonds is 10. The topological polar surface area (TPSA) is 103 Å². The van der Waals surface area contributed by atoms with Gasteiger partial charge in [-0.05, 0) is 31.2 Å². The third kappa shape index (κ3) is 5.68. The van der Waals surface area contributed by atoms with Crippen LogP contribution in [-0.4, -0.2) is 37.6 Å². The highest BCUT2D eigenvalue weighted by Crippen LogP contribution is 2.23. The van der Waals surface area contributed by atoms with Gasteiger partial charge in [0.25, 0.3) is 11.6 Å². The summed E-state index contributed by atoms with van der Waals surface area (Å²) in [5, 5.41) is 16.7. The van der Waals surface area contributed by atoms with E-state index in [0.29, 0.717) is 43.3 Å². The molecule has 0 aliphatic rings. The van der Waals surface area contributed by atoms with Gasteiger partial charge in [-0.25, -0.2) is 0 Å². The van der Waals surface area contributed by atoms with E-state index in [1.807, 2.05) is 6.92 Å². The Morgan fingerprint density at radius 3 is 2.67 bits per heavy atom. The number of hydrogen-bond acceptors (Lipinski definition) is 6. The van der Waals surface area contributed by atoms with Crippen LogP contribution < -0.4 is 15.4 Å². The molecule has 27 heavy (non-hydrogen) atoms. The zero-order valence-corrected chi connectivity index (χ0v) is 15.4. The van der Waals surface area contributed by atoms with Gasteiger partial charge in [-0.2, -0.15) is 0 Å². The van der Waals surface area contributed by atoms with E-state index in [2.05, 4.69) is 10.6 Å². The van der Waals surface area contributed by atoms with E-state index in [0.717, 1.165) is 5.56 Å². The maximum atomic E-state index is 12.3. The molecule has 0 heterocycles. The van der Waals surface area contributed by atoms with E-state index in [1.54, 1.807) is 43.5 Å². The van der Waals surface area contributed by atoms with Gasteiger partial charge in [-0.3, -0.25) is 14.9 Å². The number of nitro groups is 1. The van der Waals surface area contributed by atoms with Crippen LogP contribution in [0.25, 0.3) is 0 Å². The number of amides is 1. The first kappa shape index (κ1) is 20.2. The highest BCUT2D eigenvalue weighted by molar-refractivity contribution is 5.94. The largest absolute Gasteiger partial charge is 0.496 e. The smallest absolute Gasteiger partial charge is 0.292 e. The van der Waals surface area contributed by atoms with Crippen LogP contribution >= 0.6 is 0 Å². The number of nitrogens with zero attached hydrogens (tertiary/aromatic N) is 1. The molecular weight excluding hydrogens is 350 g/mol. The first-order chi connectivity index (χ1) is 13.1. The predicted molar refractivity (Wildman–Crippen MR) is 102 cm³/mol. The summed E-state index contributed by atoms with van der Waals surface area (Å²) in [6.07, 6.45) is 0. The average molecular weight is 373 g/mol. The van der Waals surface area contributed by atoms with Gasteiger partial charge in [-0.15, -0.1) is 0 Å². The number of carbonyl (C=O) groups excluding carboxylic acids is 1. The molecule has 8 heteroatoms. The fourth-order valence-electron chi connectivity index (χ4n) is 2.50. The lowest BCUT2D eigenvalue weighted by Gasteiger charge is -2.12. The molecule has 2 aromatic rings. The molecule has 0 aliphatic carbocycles. The summed E-state index contributed by atoms with van der Waals surface area (Å²) in [5.74, 6) is 0.429. The van der Waals surface area contributed by atoms with Crippen LogP contribution in [0.4, 0.5) is 11.4 Å². The lowest BCUT2D eigenvalue weighted by Crippen LogP contribution is -2.29. The maximum absolute atomic E-state index is 12.3. The average Bonchev–Trinajstić information content (AvgIpc) is 2.69. The number of ether oxygens (including phenoxy) is 2. The summed E-state index contributed by atoms with van der Waals surface area (Å²) < 4.78 is 10.7. The zero-order chi connectivity index (χ0) is 19.6. The molecule has 0 saturated carbocycles. The van der Waals surface area contributed by atoms with Crippen molar-refractivity contribution in [3.05, 3.63) is 63.7 Å². The molecule has 1 amide bonds. The van der Waals surface area contributed by atoms with E-state index >= 15 is 0 Å². The quantitative estimate of drug-likeness (QED) is 0.377. The van der Waals surface area contributed by atoms with Crippen LogP contribution in [0, 0.1) is 10.1 Å². The molecule has 2 rings (SSSR count). The van der Waals surface area contributed by atoms with Crippen molar-refractivity contribution in [2.24, 2.45) is 0 Å². The van der Waals surface area contributed by atoms with E-state index in [1.165, 1.54) is 6.07 Å². The van der Waals surface area contributed by atoms with Crippen LogP contribution in [-0.2, 0) is 11.3 Å². The Kier molecular flexibility index (Phi) is 7.57. The molecule has 144 valence electrons. The summed E-state index contributed by atoms with van der Waals surface area (Å²) in [6.45, 7) is 3.50. The standard InChI is InChI=1S/C19H23N3O5/c1-3-27-13-15-12-14(8-9-18(15)26-2)19(23)21-11-10-20-16-6-4-5-7-17(16)22(24)25/h4-9,12,20H,3,10-11,13H2,1-2H3,(H,21,23). The lowest BCUT2D eigenvalue weighted by molar-refractivity contribution is -0.384. The fraction of sp³-hybridized carbons (Fsp3) is 0.316. The highest BCUT2D eigenvalue weighted by atomic mass is 16.6.